The van der Waals surface area contributed by atoms with E-state index in [0.29, 0.717) is 6.42 Å². The molecule has 23 heavy (non-hydrogen) atoms. The first-order valence-electron chi connectivity index (χ1n) is 7.31. The molecule has 0 N–H and O–H groups in total. The first-order valence-corrected chi connectivity index (χ1v) is 8.10. The molecule has 1 heterocycles. The van der Waals surface area contributed by atoms with Crippen molar-refractivity contribution in [2.75, 3.05) is 7.11 Å². The fraction of sp³-hybridized carbons (Fsp3) is 0.412. The van der Waals surface area contributed by atoms with Crippen LogP contribution >= 0.6 is 15.9 Å². The second-order valence-corrected chi connectivity index (χ2v) is 7.16. The van der Waals surface area contributed by atoms with Gasteiger partial charge >= 0.3 is 12.1 Å². The van der Waals surface area contributed by atoms with Gasteiger partial charge in [0, 0.05) is 22.5 Å². The van der Waals surface area contributed by atoms with Gasteiger partial charge in [0.1, 0.15) is 5.60 Å². The van der Waals surface area contributed by atoms with Crippen LogP contribution in [0.15, 0.2) is 28.9 Å². The lowest BCUT2D eigenvalue weighted by Crippen LogP contribution is -2.26. The molecule has 0 saturated heterocycles. The predicted molar refractivity (Wildman–Crippen MR) is 91.6 cm³/mol. The Morgan fingerprint density at radius 1 is 1.26 bits per heavy atom. The third-order valence-corrected chi connectivity index (χ3v) is 3.76. The molecule has 6 heteroatoms. The number of methoxy groups -OCH3 is 1. The summed E-state index contributed by atoms with van der Waals surface area (Å²) >= 11 is 3.42. The van der Waals surface area contributed by atoms with Gasteiger partial charge in [0.25, 0.3) is 0 Å². The molecule has 0 bridgehead atoms. The van der Waals surface area contributed by atoms with E-state index in [9.17, 15) is 9.59 Å². The molecular formula is C17H20BrNO4. The molecule has 0 radical (unpaired) electrons. The summed E-state index contributed by atoms with van der Waals surface area (Å²) in [6, 6.07) is 5.69. The Hall–Kier alpha value is -1.82. The second kappa shape index (κ2) is 6.74. The Kier molecular flexibility index (Phi) is 5.14. The minimum absolute atomic E-state index is 0.264. The number of hydrogen-bond donors (Lipinski definition) is 0. The highest BCUT2D eigenvalue weighted by molar-refractivity contribution is 9.10. The number of fused-ring (bicyclic) bond motifs is 1. The second-order valence-electron chi connectivity index (χ2n) is 6.24. The molecule has 0 amide bonds. The number of halogens is 1. The third-order valence-electron chi connectivity index (χ3n) is 3.27. The van der Waals surface area contributed by atoms with Gasteiger partial charge in [-0.05, 0) is 44.9 Å². The van der Waals surface area contributed by atoms with Crippen LogP contribution in [0.25, 0.3) is 10.9 Å². The highest BCUT2D eigenvalue weighted by atomic mass is 79.9. The van der Waals surface area contributed by atoms with Gasteiger partial charge in [0.05, 0.1) is 12.6 Å². The summed E-state index contributed by atoms with van der Waals surface area (Å²) in [7, 11) is 1.36. The summed E-state index contributed by atoms with van der Waals surface area (Å²) in [6.07, 6.45) is 2.05. The van der Waals surface area contributed by atoms with Gasteiger partial charge in [-0.2, -0.15) is 0 Å². The zero-order chi connectivity index (χ0) is 17.2. The Morgan fingerprint density at radius 3 is 2.57 bits per heavy atom. The molecule has 0 spiro atoms. The number of aromatic nitrogens is 1. The van der Waals surface area contributed by atoms with E-state index in [1.54, 1.807) is 6.20 Å². The highest BCUT2D eigenvalue weighted by Crippen LogP contribution is 2.27. The number of carbonyl (C=O) groups is 2. The summed E-state index contributed by atoms with van der Waals surface area (Å²) in [4.78, 5) is 23.8. The van der Waals surface area contributed by atoms with Crippen LogP contribution in [0.5, 0.6) is 0 Å². The molecule has 5 nitrogen and oxygen atoms in total. The number of aryl methyl sites for hydroxylation is 1. The average molecular weight is 382 g/mol. The number of esters is 1. The lowest BCUT2D eigenvalue weighted by molar-refractivity contribution is -0.140. The molecule has 2 aromatic rings. The smallest absolute Gasteiger partial charge is 0.419 e. The zero-order valence-corrected chi connectivity index (χ0v) is 15.3. The molecule has 0 aliphatic heterocycles. The van der Waals surface area contributed by atoms with Crippen molar-refractivity contribution in [2.45, 2.75) is 39.2 Å². The number of benzene rings is 1. The molecule has 0 fully saturated rings. The Labute approximate surface area is 143 Å². The van der Waals surface area contributed by atoms with Crippen LogP contribution in [-0.4, -0.2) is 29.3 Å². The topological polar surface area (TPSA) is 57.5 Å². The Balaban J connectivity index is 2.42. The van der Waals surface area contributed by atoms with Crippen LogP contribution in [0, 0.1) is 0 Å². The van der Waals surface area contributed by atoms with Gasteiger partial charge in [0.2, 0.25) is 0 Å². The van der Waals surface area contributed by atoms with Gasteiger partial charge < -0.3 is 9.47 Å². The standard InChI is InChI=1S/C17H20BrNO4/c1-17(2,3)23-16(21)19-10-11(5-8-15(20)22-4)13-7-6-12(18)9-14(13)19/h6-7,9-10H,5,8H2,1-4H3. The Morgan fingerprint density at radius 2 is 1.96 bits per heavy atom. The number of ether oxygens (including phenoxy) is 2. The summed E-state index contributed by atoms with van der Waals surface area (Å²) < 4.78 is 12.5. The molecule has 0 unspecified atom stereocenters. The summed E-state index contributed by atoms with van der Waals surface area (Å²) in [6.45, 7) is 5.47. The Bertz CT molecular complexity index is 743. The van der Waals surface area contributed by atoms with Crippen LogP contribution < -0.4 is 0 Å². The van der Waals surface area contributed by atoms with Crippen molar-refractivity contribution < 1.29 is 19.1 Å². The fourth-order valence-corrected chi connectivity index (χ4v) is 2.62. The van der Waals surface area contributed by atoms with E-state index in [4.69, 9.17) is 4.74 Å². The maximum absolute atomic E-state index is 12.4. The van der Waals surface area contributed by atoms with Gasteiger partial charge in [-0.15, -0.1) is 0 Å². The van der Waals surface area contributed by atoms with E-state index in [1.165, 1.54) is 11.7 Å². The first-order chi connectivity index (χ1) is 10.7. The summed E-state index contributed by atoms with van der Waals surface area (Å²) in [5.74, 6) is -0.278. The van der Waals surface area contributed by atoms with Crippen molar-refractivity contribution in [3.63, 3.8) is 0 Å². The van der Waals surface area contributed by atoms with Crippen LogP contribution in [0.1, 0.15) is 32.8 Å². The van der Waals surface area contributed by atoms with Crippen molar-refractivity contribution in [3.05, 3.63) is 34.4 Å². The lowest BCUT2D eigenvalue weighted by atomic mass is 10.1. The summed E-state index contributed by atoms with van der Waals surface area (Å²) in [5, 5.41) is 0.919. The molecule has 0 aliphatic carbocycles. The molecule has 1 aromatic heterocycles. The van der Waals surface area contributed by atoms with E-state index in [2.05, 4.69) is 20.7 Å². The maximum Gasteiger partial charge on any atom is 0.419 e. The van der Waals surface area contributed by atoms with Gasteiger partial charge in [-0.3, -0.25) is 9.36 Å². The van der Waals surface area contributed by atoms with Crippen LogP contribution in [0.2, 0.25) is 0 Å². The predicted octanol–water partition coefficient (Wildman–Crippen LogP) is 4.29. The molecule has 1 aromatic carbocycles. The van der Waals surface area contributed by atoms with Crippen molar-refractivity contribution in [1.29, 1.82) is 0 Å². The zero-order valence-electron chi connectivity index (χ0n) is 13.7. The van der Waals surface area contributed by atoms with E-state index >= 15 is 0 Å². The van der Waals surface area contributed by atoms with Crippen molar-refractivity contribution in [2.24, 2.45) is 0 Å². The van der Waals surface area contributed by atoms with E-state index in [1.807, 2.05) is 39.0 Å². The number of rotatable bonds is 3. The quantitative estimate of drug-likeness (QED) is 0.743. The molecule has 0 aliphatic rings. The minimum Gasteiger partial charge on any atom is -0.469 e. The van der Waals surface area contributed by atoms with Crippen molar-refractivity contribution >= 4 is 38.9 Å². The van der Waals surface area contributed by atoms with Gasteiger partial charge in [-0.1, -0.05) is 22.0 Å². The van der Waals surface area contributed by atoms with Crippen molar-refractivity contribution in [1.82, 2.24) is 4.57 Å². The maximum atomic E-state index is 12.4. The molecule has 2 rings (SSSR count). The molecule has 0 atom stereocenters. The number of hydrogen-bond acceptors (Lipinski definition) is 4. The highest BCUT2D eigenvalue weighted by Gasteiger charge is 2.21. The normalized spacial score (nSPS) is 11.5. The van der Waals surface area contributed by atoms with Crippen molar-refractivity contribution in [3.8, 4) is 0 Å². The van der Waals surface area contributed by atoms with E-state index in [-0.39, 0.29) is 12.4 Å². The monoisotopic (exact) mass is 381 g/mol. The SMILES string of the molecule is COC(=O)CCc1cn(C(=O)OC(C)(C)C)c2cc(Br)ccc12. The average Bonchev–Trinajstić information content (AvgIpc) is 2.81. The molecule has 124 valence electrons. The lowest BCUT2D eigenvalue weighted by Gasteiger charge is -2.19. The van der Waals surface area contributed by atoms with Crippen LogP contribution in [-0.2, 0) is 20.7 Å². The number of nitrogens with zero attached hydrogens (tertiary/aromatic N) is 1. The fourth-order valence-electron chi connectivity index (χ4n) is 2.27. The van der Waals surface area contributed by atoms with Gasteiger partial charge in [-0.25, -0.2) is 4.79 Å². The third kappa shape index (κ3) is 4.34. The molecular weight excluding hydrogens is 362 g/mol. The first kappa shape index (κ1) is 17.5. The minimum atomic E-state index is -0.578. The van der Waals surface area contributed by atoms with Gasteiger partial charge in [0.15, 0.2) is 0 Å². The largest absolute Gasteiger partial charge is 0.469 e. The van der Waals surface area contributed by atoms with E-state index < -0.39 is 11.7 Å². The van der Waals surface area contributed by atoms with Crippen LogP contribution in [0.4, 0.5) is 4.79 Å². The summed E-state index contributed by atoms with van der Waals surface area (Å²) in [5.41, 5.74) is 1.07. The van der Waals surface area contributed by atoms with E-state index in [0.717, 1.165) is 20.9 Å². The molecule has 0 saturated carbocycles. The number of carbonyl (C=O) groups excluding carboxylic acids is 2. The van der Waals surface area contributed by atoms with Crippen LogP contribution in [0.3, 0.4) is 0 Å².